The van der Waals surface area contributed by atoms with E-state index in [1.54, 1.807) is 12.5 Å². The number of furan rings is 1. The first kappa shape index (κ1) is 8.67. The van der Waals surface area contributed by atoms with E-state index < -0.39 is 0 Å². The molecule has 1 saturated carbocycles. The predicted octanol–water partition coefficient (Wildman–Crippen LogP) is 3.10. The lowest BCUT2D eigenvalue weighted by Crippen LogP contribution is -2.16. The monoisotopic (exact) mass is 178 g/mol. The molecular formula is C11H16NO. The fraction of sp³-hybridized carbons (Fsp3) is 0.636. The number of hydrogen-bond donors (Lipinski definition) is 0. The second-order valence-corrected chi connectivity index (χ2v) is 3.83. The summed E-state index contributed by atoms with van der Waals surface area (Å²) >= 11 is 0. The molecule has 0 bridgehead atoms. The molecule has 1 aromatic rings. The lowest BCUT2D eigenvalue weighted by Gasteiger charge is -2.20. The largest absolute Gasteiger partial charge is 0.470 e. The predicted molar refractivity (Wildman–Crippen MR) is 51.9 cm³/mol. The summed E-state index contributed by atoms with van der Waals surface area (Å²) in [5.74, 6) is 0.823. The van der Waals surface area contributed by atoms with E-state index in [-0.39, 0.29) is 0 Å². The third-order valence-corrected chi connectivity index (χ3v) is 2.76. The lowest BCUT2D eigenvalue weighted by molar-refractivity contribution is 0.353. The maximum absolute atomic E-state index is 4.96. The highest BCUT2D eigenvalue weighted by Crippen LogP contribution is 2.23. The molecule has 1 heterocycles. The van der Waals surface area contributed by atoms with Gasteiger partial charge in [-0.25, -0.2) is 0 Å². The van der Waals surface area contributed by atoms with Gasteiger partial charge in [-0.3, -0.25) is 5.32 Å². The highest BCUT2D eigenvalue weighted by molar-refractivity contribution is 5.29. The zero-order valence-corrected chi connectivity index (χ0v) is 7.91. The van der Waals surface area contributed by atoms with Crippen molar-refractivity contribution < 1.29 is 4.42 Å². The molecule has 0 N–H and O–H groups in total. The fourth-order valence-corrected chi connectivity index (χ4v) is 1.95. The summed E-state index contributed by atoms with van der Waals surface area (Å²) in [6, 6.07) is 1.92. The van der Waals surface area contributed by atoms with Crippen LogP contribution in [0.2, 0.25) is 0 Å². The molecule has 1 fully saturated rings. The van der Waals surface area contributed by atoms with Crippen LogP contribution < -0.4 is 5.32 Å². The molecule has 0 atom stereocenters. The summed E-state index contributed by atoms with van der Waals surface area (Å²) < 4.78 is 4.96. The molecule has 1 aliphatic rings. The van der Waals surface area contributed by atoms with Crippen LogP contribution >= 0.6 is 0 Å². The van der Waals surface area contributed by atoms with E-state index in [0.29, 0.717) is 0 Å². The van der Waals surface area contributed by atoms with Crippen molar-refractivity contribution in [3.8, 4) is 0 Å². The minimum atomic E-state index is 0.823. The maximum Gasteiger partial charge on any atom is 0.115 e. The Balaban J connectivity index is 1.72. The summed E-state index contributed by atoms with van der Waals surface area (Å²) in [4.78, 5) is 0. The third-order valence-electron chi connectivity index (χ3n) is 2.76. The SMILES string of the molecule is c1cc([N]CC2CCCCC2)co1. The number of hydrogen-bond acceptors (Lipinski definition) is 1. The van der Waals surface area contributed by atoms with Crippen molar-refractivity contribution in [3.05, 3.63) is 18.6 Å². The second kappa shape index (κ2) is 4.35. The molecule has 0 unspecified atom stereocenters. The molecule has 0 spiro atoms. The van der Waals surface area contributed by atoms with Gasteiger partial charge in [0.05, 0.1) is 12.0 Å². The van der Waals surface area contributed by atoms with Gasteiger partial charge in [0.15, 0.2) is 0 Å². The summed E-state index contributed by atoms with van der Waals surface area (Å²) in [5, 5.41) is 4.50. The molecule has 0 aromatic carbocycles. The first-order chi connectivity index (χ1) is 6.45. The van der Waals surface area contributed by atoms with Crippen LogP contribution in [0, 0.1) is 5.92 Å². The molecule has 71 valence electrons. The van der Waals surface area contributed by atoms with Crippen molar-refractivity contribution in [2.45, 2.75) is 32.1 Å². The first-order valence-electron chi connectivity index (χ1n) is 5.15. The van der Waals surface area contributed by atoms with Crippen molar-refractivity contribution >= 4 is 5.69 Å². The number of rotatable bonds is 3. The van der Waals surface area contributed by atoms with E-state index in [4.69, 9.17) is 4.42 Å². The van der Waals surface area contributed by atoms with Gasteiger partial charge < -0.3 is 4.42 Å². The van der Waals surface area contributed by atoms with E-state index in [2.05, 4.69) is 5.32 Å². The van der Waals surface area contributed by atoms with E-state index in [0.717, 1.165) is 18.2 Å². The third kappa shape index (κ3) is 2.51. The molecule has 1 aromatic heterocycles. The summed E-state index contributed by atoms with van der Waals surface area (Å²) in [6.45, 7) is 0.986. The molecule has 0 amide bonds. The van der Waals surface area contributed by atoms with Gasteiger partial charge in [-0.1, -0.05) is 19.3 Å². The van der Waals surface area contributed by atoms with Gasteiger partial charge in [0.25, 0.3) is 0 Å². The van der Waals surface area contributed by atoms with Crippen molar-refractivity contribution in [1.82, 2.24) is 5.32 Å². The minimum absolute atomic E-state index is 0.823. The smallest absolute Gasteiger partial charge is 0.115 e. The van der Waals surface area contributed by atoms with Crippen molar-refractivity contribution in [2.75, 3.05) is 6.54 Å². The van der Waals surface area contributed by atoms with Crippen molar-refractivity contribution in [1.29, 1.82) is 0 Å². The quantitative estimate of drug-likeness (QED) is 0.698. The minimum Gasteiger partial charge on any atom is -0.470 e. The second-order valence-electron chi connectivity index (χ2n) is 3.83. The van der Waals surface area contributed by atoms with Crippen LogP contribution in [0.25, 0.3) is 0 Å². The van der Waals surface area contributed by atoms with Crippen molar-refractivity contribution in [2.24, 2.45) is 5.92 Å². The molecular weight excluding hydrogens is 162 g/mol. The van der Waals surface area contributed by atoms with Gasteiger partial charge in [-0.15, -0.1) is 0 Å². The normalized spacial score (nSPS) is 18.8. The Hall–Kier alpha value is -0.920. The molecule has 0 saturated heterocycles. The Labute approximate surface area is 79.3 Å². The average molecular weight is 178 g/mol. The van der Waals surface area contributed by atoms with E-state index in [1.165, 1.54) is 32.1 Å². The molecule has 1 radical (unpaired) electrons. The van der Waals surface area contributed by atoms with Gasteiger partial charge in [0, 0.05) is 12.6 Å². The molecule has 2 heteroatoms. The Bertz CT molecular complexity index is 224. The van der Waals surface area contributed by atoms with Gasteiger partial charge in [0.2, 0.25) is 0 Å². The summed E-state index contributed by atoms with van der Waals surface area (Å²) in [6.07, 6.45) is 10.3. The first-order valence-corrected chi connectivity index (χ1v) is 5.15. The van der Waals surface area contributed by atoms with Crippen LogP contribution in [0.3, 0.4) is 0 Å². The standard InChI is InChI=1S/C11H16NO/c1-2-4-10(5-3-1)8-12-11-6-7-13-9-11/h6-7,9-10H,1-5,8H2. The maximum atomic E-state index is 4.96. The highest BCUT2D eigenvalue weighted by Gasteiger charge is 2.13. The summed E-state index contributed by atoms with van der Waals surface area (Å²) in [7, 11) is 0. The summed E-state index contributed by atoms with van der Waals surface area (Å²) in [5.41, 5.74) is 0.991. The molecule has 1 aliphatic carbocycles. The zero-order chi connectivity index (χ0) is 8.93. The van der Waals surface area contributed by atoms with Crippen LogP contribution in [0.1, 0.15) is 32.1 Å². The van der Waals surface area contributed by atoms with Gasteiger partial charge >= 0.3 is 0 Å². The van der Waals surface area contributed by atoms with Gasteiger partial charge in [-0.2, -0.15) is 0 Å². The molecule has 13 heavy (non-hydrogen) atoms. The Morgan fingerprint density at radius 2 is 2.15 bits per heavy atom. The molecule has 0 aliphatic heterocycles. The van der Waals surface area contributed by atoms with E-state index in [9.17, 15) is 0 Å². The molecule has 2 rings (SSSR count). The van der Waals surface area contributed by atoms with Crippen LogP contribution in [0.5, 0.6) is 0 Å². The van der Waals surface area contributed by atoms with Crippen LogP contribution in [0.15, 0.2) is 23.0 Å². The van der Waals surface area contributed by atoms with E-state index in [1.807, 2.05) is 6.07 Å². The lowest BCUT2D eigenvalue weighted by atomic mass is 9.89. The van der Waals surface area contributed by atoms with Crippen LogP contribution in [0.4, 0.5) is 5.69 Å². The Morgan fingerprint density at radius 1 is 1.31 bits per heavy atom. The number of nitrogens with zero attached hydrogens (tertiary/aromatic N) is 1. The highest BCUT2D eigenvalue weighted by atomic mass is 16.3. The van der Waals surface area contributed by atoms with Gasteiger partial charge in [-0.05, 0) is 18.8 Å². The fourth-order valence-electron chi connectivity index (χ4n) is 1.95. The van der Waals surface area contributed by atoms with Gasteiger partial charge in [0.1, 0.15) is 6.26 Å². The average Bonchev–Trinajstić information content (AvgIpc) is 2.69. The topological polar surface area (TPSA) is 27.2 Å². The van der Waals surface area contributed by atoms with E-state index >= 15 is 0 Å². The molecule has 2 nitrogen and oxygen atoms in total. The van der Waals surface area contributed by atoms with Crippen molar-refractivity contribution in [3.63, 3.8) is 0 Å². The Kier molecular flexibility index (Phi) is 2.90. The van der Waals surface area contributed by atoms with Crippen LogP contribution in [-0.4, -0.2) is 6.54 Å². The van der Waals surface area contributed by atoms with Crippen LogP contribution in [-0.2, 0) is 0 Å². The Morgan fingerprint density at radius 3 is 2.85 bits per heavy atom. The zero-order valence-electron chi connectivity index (χ0n) is 7.91.